The van der Waals surface area contributed by atoms with Crippen LogP contribution < -0.4 is 5.32 Å². The lowest BCUT2D eigenvalue weighted by atomic mass is 9.93. The van der Waals surface area contributed by atoms with E-state index in [1.54, 1.807) is 0 Å². The third-order valence-corrected chi connectivity index (χ3v) is 5.04. The maximum Gasteiger partial charge on any atom is 0.325 e. The minimum absolute atomic E-state index is 0.184. The lowest BCUT2D eigenvalue weighted by molar-refractivity contribution is -0.148. The van der Waals surface area contributed by atoms with Crippen molar-refractivity contribution < 1.29 is 9.53 Å². The van der Waals surface area contributed by atoms with Crippen LogP contribution in [0.4, 0.5) is 0 Å². The van der Waals surface area contributed by atoms with Gasteiger partial charge in [-0.3, -0.25) is 14.6 Å². The summed E-state index contributed by atoms with van der Waals surface area (Å²) in [5, 5.41) is 3.13. The summed E-state index contributed by atoms with van der Waals surface area (Å²) in [6, 6.07) is 1.02. The number of nitrogens with zero attached hydrogens (tertiary/aromatic N) is 2. The molecule has 0 saturated carbocycles. The predicted octanol–water partition coefficient (Wildman–Crippen LogP) is 1.33. The molecule has 1 fully saturated rings. The second-order valence-electron chi connectivity index (χ2n) is 6.29. The van der Waals surface area contributed by atoms with Crippen LogP contribution in [0.1, 0.15) is 40.5 Å². The quantitative estimate of drug-likeness (QED) is 0.685. The van der Waals surface area contributed by atoms with E-state index >= 15 is 0 Å². The molecule has 21 heavy (non-hydrogen) atoms. The van der Waals surface area contributed by atoms with Gasteiger partial charge < -0.3 is 10.1 Å². The van der Waals surface area contributed by atoms with Crippen molar-refractivity contribution >= 4 is 5.97 Å². The first kappa shape index (κ1) is 18.4. The van der Waals surface area contributed by atoms with Crippen LogP contribution in [0.3, 0.4) is 0 Å². The molecule has 3 unspecified atom stereocenters. The number of ether oxygens (including phenoxy) is 1. The van der Waals surface area contributed by atoms with Crippen molar-refractivity contribution in [3.63, 3.8) is 0 Å². The molecule has 1 aliphatic rings. The monoisotopic (exact) mass is 299 g/mol. The lowest BCUT2D eigenvalue weighted by Gasteiger charge is -2.34. The van der Waals surface area contributed by atoms with Crippen molar-refractivity contribution in [2.45, 2.75) is 58.2 Å². The van der Waals surface area contributed by atoms with Gasteiger partial charge in [-0.1, -0.05) is 13.8 Å². The zero-order valence-electron chi connectivity index (χ0n) is 14.6. The minimum Gasteiger partial charge on any atom is -0.468 e. The van der Waals surface area contributed by atoms with Crippen LogP contribution in [-0.4, -0.2) is 73.7 Å². The van der Waals surface area contributed by atoms with E-state index in [-0.39, 0.29) is 5.97 Å². The molecular formula is C16H33N3O2. The fourth-order valence-corrected chi connectivity index (χ4v) is 3.44. The topological polar surface area (TPSA) is 44.8 Å². The standard InChI is InChI=1S/C16H33N3O2/c1-7-18(8-2)14-9-10-19(12-14)13(3)11-16(4,17-5)15(20)21-6/h13-14,17H,7-12H2,1-6H3. The summed E-state index contributed by atoms with van der Waals surface area (Å²) < 4.78 is 4.94. The molecule has 0 amide bonds. The number of likely N-dealkylation sites (tertiary alicyclic amines) is 1. The van der Waals surface area contributed by atoms with Crippen LogP contribution >= 0.6 is 0 Å². The molecule has 1 saturated heterocycles. The molecule has 3 atom stereocenters. The second kappa shape index (κ2) is 8.11. The summed E-state index contributed by atoms with van der Waals surface area (Å²) in [7, 11) is 3.28. The van der Waals surface area contributed by atoms with Crippen LogP contribution in [-0.2, 0) is 9.53 Å². The first-order chi connectivity index (χ1) is 9.91. The third-order valence-electron chi connectivity index (χ3n) is 5.04. The van der Waals surface area contributed by atoms with Gasteiger partial charge in [-0.05, 0) is 46.8 Å². The lowest BCUT2D eigenvalue weighted by Crippen LogP contribution is -2.52. The Morgan fingerprint density at radius 3 is 2.57 bits per heavy atom. The average Bonchev–Trinajstić information content (AvgIpc) is 2.97. The Labute approximate surface area is 130 Å². The number of carbonyl (C=O) groups is 1. The fourth-order valence-electron chi connectivity index (χ4n) is 3.44. The van der Waals surface area contributed by atoms with Crippen molar-refractivity contribution in [3.05, 3.63) is 0 Å². The van der Waals surface area contributed by atoms with Crippen LogP contribution in [0.5, 0.6) is 0 Å². The molecule has 0 spiro atoms. The highest BCUT2D eigenvalue weighted by Crippen LogP contribution is 2.23. The van der Waals surface area contributed by atoms with Crippen LogP contribution in [0.2, 0.25) is 0 Å². The molecule has 0 aromatic heterocycles. The van der Waals surface area contributed by atoms with Gasteiger partial charge >= 0.3 is 5.97 Å². The normalized spacial score (nSPS) is 24.0. The summed E-state index contributed by atoms with van der Waals surface area (Å²) in [4.78, 5) is 17.0. The Balaban J connectivity index is 2.60. The van der Waals surface area contributed by atoms with Crippen molar-refractivity contribution in [2.75, 3.05) is 40.3 Å². The van der Waals surface area contributed by atoms with E-state index < -0.39 is 5.54 Å². The highest BCUT2D eigenvalue weighted by molar-refractivity contribution is 5.80. The summed E-state index contributed by atoms with van der Waals surface area (Å²) in [5.74, 6) is -0.184. The minimum atomic E-state index is -0.610. The molecular weight excluding hydrogens is 266 g/mol. The molecule has 124 valence electrons. The summed E-state index contributed by atoms with van der Waals surface area (Å²) in [6.45, 7) is 13.0. The SMILES string of the molecule is CCN(CC)C1CCN(C(C)CC(C)(NC)C(=O)OC)C1. The third kappa shape index (κ3) is 4.41. The van der Waals surface area contributed by atoms with E-state index in [9.17, 15) is 4.79 Å². The van der Waals surface area contributed by atoms with Crippen molar-refractivity contribution in [1.29, 1.82) is 0 Å². The Kier molecular flexibility index (Phi) is 7.10. The highest BCUT2D eigenvalue weighted by Gasteiger charge is 2.37. The molecule has 1 N–H and O–H groups in total. The maximum atomic E-state index is 12.0. The zero-order valence-corrected chi connectivity index (χ0v) is 14.6. The van der Waals surface area contributed by atoms with Gasteiger partial charge in [0.05, 0.1) is 7.11 Å². The zero-order chi connectivity index (χ0) is 16.0. The first-order valence-corrected chi connectivity index (χ1v) is 8.17. The second-order valence-corrected chi connectivity index (χ2v) is 6.29. The Morgan fingerprint density at radius 1 is 1.48 bits per heavy atom. The molecule has 0 radical (unpaired) electrons. The van der Waals surface area contributed by atoms with Gasteiger partial charge in [-0.25, -0.2) is 0 Å². The fraction of sp³-hybridized carbons (Fsp3) is 0.938. The molecule has 1 aliphatic heterocycles. The van der Waals surface area contributed by atoms with Gasteiger partial charge in [0.1, 0.15) is 5.54 Å². The Hall–Kier alpha value is -0.650. The van der Waals surface area contributed by atoms with Gasteiger partial charge in [0.2, 0.25) is 0 Å². The Morgan fingerprint density at radius 2 is 2.10 bits per heavy atom. The van der Waals surface area contributed by atoms with Crippen LogP contribution in [0.25, 0.3) is 0 Å². The molecule has 0 aliphatic carbocycles. The molecule has 0 bridgehead atoms. The van der Waals surface area contributed by atoms with E-state index in [0.717, 1.165) is 32.6 Å². The van der Waals surface area contributed by atoms with Gasteiger partial charge in [0.15, 0.2) is 0 Å². The number of hydrogen-bond acceptors (Lipinski definition) is 5. The van der Waals surface area contributed by atoms with E-state index in [1.807, 2.05) is 14.0 Å². The molecule has 1 heterocycles. The number of esters is 1. The van der Waals surface area contributed by atoms with E-state index in [4.69, 9.17) is 4.74 Å². The Bertz CT molecular complexity index is 333. The summed E-state index contributed by atoms with van der Waals surface area (Å²) in [5.41, 5.74) is -0.610. The number of hydrogen-bond donors (Lipinski definition) is 1. The van der Waals surface area contributed by atoms with Crippen molar-refractivity contribution in [2.24, 2.45) is 0 Å². The predicted molar refractivity (Wildman–Crippen MR) is 86.5 cm³/mol. The number of rotatable bonds is 8. The number of nitrogens with one attached hydrogen (secondary N) is 1. The highest BCUT2D eigenvalue weighted by atomic mass is 16.5. The average molecular weight is 299 g/mol. The number of likely N-dealkylation sites (N-methyl/N-ethyl adjacent to an activating group) is 2. The summed E-state index contributed by atoms with van der Waals surface area (Å²) in [6.07, 6.45) is 1.99. The van der Waals surface area contributed by atoms with Gasteiger partial charge in [-0.15, -0.1) is 0 Å². The molecule has 0 aromatic rings. The smallest absolute Gasteiger partial charge is 0.325 e. The number of methoxy groups -OCH3 is 1. The molecule has 1 rings (SSSR count). The van der Waals surface area contributed by atoms with E-state index in [2.05, 4.69) is 35.9 Å². The van der Waals surface area contributed by atoms with Crippen LogP contribution in [0, 0.1) is 0 Å². The van der Waals surface area contributed by atoms with E-state index in [1.165, 1.54) is 13.5 Å². The van der Waals surface area contributed by atoms with Gasteiger partial charge in [0, 0.05) is 25.2 Å². The molecule has 0 aromatic carbocycles. The van der Waals surface area contributed by atoms with Gasteiger partial charge in [0.25, 0.3) is 0 Å². The summed E-state index contributed by atoms with van der Waals surface area (Å²) >= 11 is 0. The first-order valence-electron chi connectivity index (χ1n) is 8.17. The van der Waals surface area contributed by atoms with Crippen molar-refractivity contribution in [1.82, 2.24) is 15.1 Å². The molecule has 5 nitrogen and oxygen atoms in total. The molecule has 5 heteroatoms. The van der Waals surface area contributed by atoms with Crippen molar-refractivity contribution in [3.8, 4) is 0 Å². The number of carbonyl (C=O) groups excluding carboxylic acids is 1. The van der Waals surface area contributed by atoms with E-state index in [0.29, 0.717) is 12.1 Å². The van der Waals surface area contributed by atoms with Gasteiger partial charge in [-0.2, -0.15) is 0 Å². The largest absolute Gasteiger partial charge is 0.468 e. The maximum absolute atomic E-state index is 12.0. The van der Waals surface area contributed by atoms with Crippen LogP contribution in [0.15, 0.2) is 0 Å².